The minimum Gasteiger partial charge on any atom is -0.467 e. The van der Waals surface area contributed by atoms with Crippen LogP contribution in [0.2, 0.25) is 0 Å². The van der Waals surface area contributed by atoms with Crippen molar-refractivity contribution < 1.29 is 28.7 Å². The molecule has 10 nitrogen and oxygen atoms in total. The second-order valence-electron chi connectivity index (χ2n) is 9.35. The van der Waals surface area contributed by atoms with Crippen LogP contribution < -0.4 is 5.73 Å². The van der Waals surface area contributed by atoms with E-state index >= 15 is 0 Å². The zero-order valence-electron chi connectivity index (χ0n) is 16.6. The number of carbonyl (C=O) groups is 4. The van der Waals surface area contributed by atoms with E-state index < -0.39 is 47.2 Å². The number of nitrogens with two attached hydrogens (primary N) is 1. The summed E-state index contributed by atoms with van der Waals surface area (Å²) in [6, 6.07) is -2.77. The average Bonchev–Trinajstić information content (AvgIpc) is 2.79. The lowest BCUT2D eigenvalue weighted by Crippen LogP contribution is -2.83. The van der Waals surface area contributed by atoms with Crippen LogP contribution in [0.15, 0.2) is 0 Å². The van der Waals surface area contributed by atoms with E-state index in [9.17, 15) is 19.2 Å². The molecule has 154 valence electrons. The van der Waals surface area contributed by atoms with E-state index in [2.05, 4.69) is 0 Å². The summed E-state index contributed by atoms with van der Waals surface area (Å²) in [4.78, 5) is 55.3. The summed E-state index contributed by atoms with van der Waals surface area (Å²) in [6.45, 7) is 5.36. The van der Waals surface area contributed by atoms with Crippen molar-refractivity contribution in [2.75, 3.05) is 20.2 Å². The first-order valence-corrected chi connectivity index (χ1v) is 9.42. The minimum absolute atomic E-state index is 0.0753. The number of ether oxygens (including phenoxy) is 2. The van der Waals surface area contributed by atoms with Crippen molar-refractivity contribution in [3.05, 3.63) is 0 Å². The number of carbonyl (C=O) groups excluding carboxylic acids is 4. The highest BCUT2D eigenvalue weighted by Crippen LogP contribution is 2.63. The molecular weight excluding hydrogens is 368 g/mol. The molecule has 2 aliphatic heterocycles. The van der Waals surface area contributed by atoms with Gasteiger partial charge in [0.1, 0.15) is 11.6 Å². The number of hydrogen-bond donors (Lipinski definition) is 1. The van der Waals surface area contributed by atoms with Gasteiger partial charge in [-0.15, -0.1) is 0 Å². The number of piperazine rings is 1. The highest BCUT2D eigenvalue weighted by Gasteiger charge is 2.74. The molecule has 0 spiro atoms. The summed E-state index contributed by atoms with van der Waals surface area (Å²) in [5.41, 5.74) is 4.50. The van der Waals surface area contributed by atoms with E-state index in [1.54, 1.807) is 20.8 Å². The van der Waals surface area contributed by atoms with Gasteiger partial charge in [0.25, 0.3) is 5.91 Å². The number of rotatable bonds is 2. The van der Waals surface area contributed by atoms with Crippen LogP contribution in [0.4, 0.5) is 9.59 Å². The number of nitrogens with zero attached hydrogens (tertiary/aromatic N) is 3. The lowest BCUT2D eigenvalue weighted by atomic mass is 9.44. The first-order chi connectivity index (χ1) is 12.9. The summed E-state index contributed by atoms with van der Waals surface area (Å²) in [7, 11) is 1.19. The third kappa shape index (κ3) is 2.50. The van der Waals surface area contributed by atoms with Gasteiger partial charge in [0, 0.05) is 18.6 Å². The Morgan fingerprint density at radius 3 is 2.25 bits per heavy atom. The van der Waals surface area contributed by atoms with Crippen molar-refractivity contribution in [2.45, 2.75) is 68.8 Å². The van der Waals surface area contributed by atoms with Crippen molar-refractivity contribution in [2.24, 2.45) is 5.73 Å². The Labute approximate surface area is 162 Å². The van der Waals surface area contributed by atoms with Gasteiger partial charge in [0.2, 0.25) is 0 Å². The second kappa shape index (κ2) is 5.59. The lowest BCUT2D eigenvalue weighted by Gasteiger charge is -2.70. The molecule has 5 fully saturated rings. The monoisotopic (exact) mass is 394 g/mol. The Balaban J connectivity index is 1.63. The first kappa shape index (κ1) is 19.0. The Morgan fingerprint density at radius 2 is 1.75 bits per heavy atom. The van der Waals surface area contributed by atoms with Crippen LogP contribution in [0, 0.1) is 0 Å². The molecule has 0 radical (unpaired) electrons. The molecular formula is C18H26N4O6. The quantitative estimate of drug-likeness (QED) is 0.518. The van der Waals surface area contributed by atoms with E-state index in [4.69, 9.17) is 15.2 Å². The van der Waals surface area contributed by atoms with Gasteiger partial charge in [-0.3, -0.25) is 14.6 Å². The molecule has 0 aromatic rings. The maximum atomic E-state index is 13.2. The molecule has 2 atom stereocenters. The molecule has 4 amide bonds. The van der Waals surface area contributed by atoms with Crippen molar-refractivity contribution in [1.82, 2.24) is 14.7 Å². The summed E-state index contributed by atoms with van der Waals surface area (Å²) < 4.78 is 10.3. The van der Waals surface area contributed by atoms with E-state index in [0.717, 1.165) is 0 Å². The first-order valence-electron chi connectivity index (χ1n) is 9.42. The lowest BCUT2D eigenvalue weighted by molar-refractivity contribution is -0.167. The SMILES string of the molecule is COC(=O)[C@@H]1[C@H]2C(=O)N(C34CC(N)(C3)C4)C(=O)N2CCN1C(=O)OC(C)(C)C. The molecule has 2 heterocycles. The molecule has 5 aliphatic rings. The molecule has 2 saturated heterocycles. The number of hydrogen-bond acceptors (Lipinski definition) is 7. The van der Waals surface area contributed by atoms with Crippen LogP contribution >= 0.6 is 0 Å². The molecule has 0 unspecified atom stereocenters. The molecule has 3 saturated carbocycles. The van der Waals surface area contributed by atoms with Gasteiger partial charge in [-0.05, 0) is 40.0 Å². The maximum Gasteiger partial charge on any atom is 0.411 e. The molecule has 2 bridgehead atoms. The van der Waals surface area contributed by atoms with Crippen LogP contribution in [-0.2, 0) is 19.1 Å². The maximum absolute atomic E-state index is 13.2. The summed E-state index contributed by atoms with van der Waals surface area (Å²) >= 11 is 0. The Kier molecular flexibility index (Phi) is 3.79. The molecule has 28 heavy (non-hydrogen) atoms. The van der Waals surface area contributed by atoms with Gasteiger partial charge in [0.05, 0.1) is 12.6 Å². The van der Waals surface area contributed by atoms with E-state index in [1.807, 2.05) is 0 Å². The van der Waals surface area contributed by atoms with Crippen molar-refractivity contribution in [3.8, 4) is 0 Å². The molecule has 2 N–H and O–H groups in total. The van der Waals surface area contributed by atoms with Crippen LogP contribution in [0.3, 0.4) is 0 Å². The topological polar surface area (TPSA) is 122 Å². The van der Waals surface area contributed by atoms with Gasteiger partial charge in [-0.1, -0.05) is 0 Å². The number of fused-ring (bicyclic) bond motifs is 1. The van der Waals surface area contributed by atoms with E-state index in [1.165, 1.54) is 21.8 Å². The van der Waals surface area contributed by atoms with Crippen molar-refractivity contribution in [1.29, 1.82) is 0 Å². The fourth-order valence-corrected chi connectivity index (χ4v) is 5.06. The predicted molar refractivity (Wildman–Crippen MR) is 95.0 cm³/mol. The van der Waals surface area contributed by atoms with Gasteiger partial charge < -0.3 is 20.1 Å². The number of amides is 4. The number of imide groups is 1. The Hall–Kier alpha value is -2.36. The predicted octanol–water partition coefficient (Wildman–Crippen LogP) is 0.0453. The third-order valence-electron chi connectivity index (χ3n) is 6.05. The minimum atomic E-state index is -1.24. The molecule has 0 aromatic heterocycles. The van der Waals surface area contributed by atoms with Crippen LogP contribution in [0.25, 0.3) is 0 Å². The average molecular weight is 394 g/mol. The van der Waals surface area contributed by atoms with Gasteiger partial charge in [-0.2, -0.15) is 0 Å². The number of esters is 1. The van der Waals surface area contributed by atoms with Gasteiger partial charge >= 0.3 is 18.1 Å². The zero-order chi connectivity index (χ0) is 20.6. The fraction of sp³-hybridized carbons (Fsp3) is 0.778. The Morgan fingerprint density at radius 1 is 1.14 bits per heavy atom. The summed E-state index contributed by atoms with van der Waals surface area (Å²) in [6.07, 6.45) is 1.03. The normalized spacial score (nSPS) is 36.5. The van der Waals surface area contributed by atoms with E-state index in [0.29, 0.717) is 19.3 Å². The molecule has 5 rings (SSSR count). The van der Waals surface area contributed by atoms with Crippen molar-refractivity contribution >= 4 is 24.0 Å². The summed E-state index contributed by atoms with van der Waals surface area (Å²) in [5.74, 6) is -1.23. The Bertz CT molecular complexity index is 755. The smallest absolute Gasteiger partial charge is 0.411 e. The van der Waals surface area contributed by atoms with Crippen molar-refractivity contribution in [3.63, 3.8) is 0 Å². The standard InChI is InChI=1S/C18H26N4O6/c1-16(2,3)28-15(26)21-6-5-20-10(11(21)13(24)27-4)12(23)22(14(20)25)18-7-17(19,8-18)9-18/h10-11H,5-9,19H2,1-4H3/t10-,11-,17?,18?/m0/s1. The molecule has 10 heteroatoms. The van der Waals surface area contributed by atoms with Crippen LogP contribution in [-0.4, -0.2) is 87.7 Å². The number of urea groups is 1. The second-order valence-corrected chi connectivity index (χ2v) is 9.35. The molecule has 0 aromatic carbocycles. The summed E-state index contributed by atoms with van der Waals surface area (Å²) in [5, 5.41) is 0. The molecule has 3 aliphatic carbocycles. The van der Waals surface area contributed by atoms with Gasteiger partial charge in [-0.25, -0.2) is 14.4 Å². The van der Waals surface area contributed by atoms with Crippen LogP contribution in [0.1, 0.15) is 40.0 Å². The zero-order valence-corrected chi connectivity index (χ0v) is 16.6. The third-order valence-corrected chi connectivity index (χ3v) is 6.05. The fourth-order valence-electron chi connectivity index (χ4n) is 5.06. The van der Waals surface area contributed by atoms with Crippen LogP contribution in [0.5, 0.6) is 0 Å². The highest BCUT2D eigenvalue weighted by atomic mass is 16.6. The van der Waals surface area contributed by atoms with E-state index in [-0.39, 0.29) is 18.6 Å². The number of methoxy groups -OCH3 is 1. The largest absolute Gasteiger partial charge is 0.467 e. The van der Waals surface area contributed by atoms with Gasteiger partial charge in [0.15, 0.2) is 6.04 Å². The highest BCUT2D eigenvalue weighted by molar-refractivity contribution is 6.08.